The van der Waals surface area contributed by atoms with Gasteiger partial charge in [0.25, 0.3) is 0 Å². The number of likely N-dealkylation sites (tertiary alicyclic amines) is 1. The Labute approximate surface area is 98.0 Å². The van der Waals surface area contributed by atoms with Gasteiger partial charge < -0.3 is 9.64 Å². The van der Waals surface area contributed by atoms with Crippen LogP contribution < -0.4 is 11.3 Å². The number of hydrazine groups is 1. The first kappa shape index (κ1) is 13.3. The van der Waals surface area contributed by atoms with E-state index in [4.69, 9.17) is 10.6 Å². The fraction of sp³-hybridized carbons (Fsp3) is 0.909. The molecule has 0 aromatic rings. The molecule has 1 saturated heterocycles. The normalized spacial score (nSPS) is 21.6. The SMILES string of the molecule is CCCCN=C(NN)N1CCC(COC)C1. The zero-order chi connectivity index (χ0) is 11.8. The molecule has 1 aliphatic heterocycles. The van der Waals surface area contributed by atoms with Crippen LogP contribution in [0, 0.1) is 5.92 Å². The van der Waals surface area contributed by atoms with Crippen molar-refractivity contribution in [1.29, 1.82) is 0 Å². The van der Waals surface area contributed by atoms with Gasteiger partial charge in [0.2, 0.25) is 5.96 Å². The van der Waals surface area contributed by atoms with E-state index in [0.717, 1.165) is 51.5 Å². The number of methoxy groups -OCH3 is 1. The number of guanidine groups is 1. The summed E-state index contributed by atoms with van der Waals surface area (Å²) in [5.41, 5.74) is 2.70. The lowest BCUT2D eigenvalue weighted by molar-refractivity contribution is 0.157. The molecule has 3 N–H and O–H groups in total. The van der Waals surface area contributed by atoms with Crippen molar-refractivity contribution in [2.75, 3.05) is 33.4 Å². The molecule has 0 aliphatic carbocycles. The molecule has 16 heavy (non-hydrogen) atoms. The maximum absolute atomic E-state index is 5.50. The average molecular weight is 228 g/mol. The molecule has 0 bridgehead atoms. The number of rotatable bonds is 5. The summed E-state index contributed by atoms with van der Waals surface area (Å²) in [5, 5.41) is 0. The van der Waals surface area contributed by atoms with E-state index in [0.29, 0.717) is 5.92 Å². The second-order valence-corrected chi connectivity index (χ2v) is 4.26. The number of ether oxygens (including phenoxy) is 1. The first-order valence-electron chi connectivity index (χ1n) is 6.06. The van der Waals surface area contributed by atoms with Crippen LogP contribution in [0.25, 0.3) is 0 Å². The summed E-state index contributed by atoms with van der Waals surface area (Å²) in [7, 11) is 1.75. The van der Waals surface area contributed by atoms with Crippen molar-refractivity contribution in [3.05, 3.63) is 0 Å². The fourth-order valence-corrected chi connectivity index (χ4v) is 1.98. The number of unbranched alkanes of at least 4 members (excludes halogenated alkanes) is 1. The predicted molar refractivity (Wildman–Crippen MR) is 66.1 cm³/mol. The van der Waals surface area contributed by atoms with Crippen LogP contribution in [0.3, 0.4) is 0 Å². The van der Waals surface area contributed by atoms with Crippen molar-refractivity contribution in [2.45, 2.75) is 26.2 Å². The maximum atomic E-state index is 5.50. The minimum Gasteiger partial charge on any atom is -0.384 e. The maximum Gasteiger partial charge on any atom is 0.208 e. The van der Waals surface area contributed by atoms with E-state index in [9.17, 15) is 0 Å². The summed E-state index contributed by atoms with van der Waals surface area (Å²) in [4.78, 5) is 6.68. The van der Waals surface area contributed by atoms with Crippen LogP contribution >= 0.6 is 0 Å². The molecule has 1 fully saturated rings. The average Bonchev–Trinajstić information content (AvgIpc) is 2.74. The van der Waals surface area contributed by atoms with Gasteiger partial charge in [0.05, 0.1) is 6.61 Å². The largest absolute Gasteiger partial charge is 0.384 e. The van der Waals surface area contributed by atoms with Crippen molar-refractivity contribution >= 4 is 5.96 Å². The third-order valence-electron chi connectivity index (χ3n) is 2.89. The Morgan fingerprint density at radius 2 is 2.44 bits per heavy atom. The van der Waals surface area contributed by atoms with Crippen LogP contribution in [0.1, 0.15) is 26.2 Å². The minimum absolute atomic E-state index is 0.606. The van der Waals surface area contributed by atoms with Crippen LogP contribution in [0.2, 0.25) is 0 Å². The molecule has 1 heterocycles. The van der Waals surface area contributed by atoms with Gasteiger partial charge in [-0.3, -0.25) is 10.4 Å². The number of nitrogens with one attached hydrogen (secondary N) is 1. The molecule has 1 atom stereocenters. The molecule has 5 heteroatoms. The first-order valence-corrected chi connectivity index (χ1v) is 6.06. The number of nitrogens with zero attached hydrogens (tertiary/aromatic N) is 2. The Hall–Kier alpha value is -0.810. The summed E-state index contributed by atoms with van der Waals surface area (Å²) in [5.74, 6) is 6.93. The topological polar surface area (TPSA) is 62.9 Å². The third-order valence-corrected chi connectivity index (χ3v) is 2.89. The molecule has 1 unspecified atom stereocenters. The van der Waals surface area contributed by atoms with Crippen LogP contribution in [0.5, 0.6) is 0 Å². The Kier molecular flexibility index (Phi) is 6.18. The van der Waals surface area contributed by atoms with Crippen molar-refractivity contribution in [1.82, 2.24) is 10.3 Å². The summed E-state index contributed by atoms with van der Waals surface area (Å²) < 4.78 is 5.17. The quantitative estimate of drug-likeness (QED) is 0.237. The molecule has 1 aliphatic rings. The second kappa shape index (κ2) is 7.46. The summed E-state index contributed by atoms with van der Waals surface area (Å²) in [6.07, 6.45) is 3.43. The third kappa shape index (κ3) is 3.98. The van der Waals surface area contributed by atoms with E-state index < -0.39 is 0 Å². The zero-order valence-corrected chi connectivity index (χ0v) is 10.4. The number of nitrogens with two attached hydrogens (primary N) is 1. The predicted octanol–water partition coefficient (Wildman–Crippen LogP) is 0.574. The monoisotopic (exact) mass is 228 g/mol. The Morgan fingerprint density at radius 3 is 3.06 bits per heavy atom. The summed E-state index contributed by atoms with van der Waals surface area (Å²) >= 11 is 0. The van der Waals surface area contributed by atoms with E-state index in [1.165, 1.54) is 0 Å². The molecule has 0 spiro atoms. The number of hydrogen-bond donors (Lipinski definition) is 2. The molecule has 5 nitrogen and oxygen atoms in total. The first-order chi connectivity index (χ1) is 7.81. The highest BCUT2D eigenvalue weighted by molar-refractivity contribution is 5.79. The standard InChI is InChI=1S/C11H24N4O/c1-3-4-6-13-11(14-12)15-7-5-10(8-15)9-16-2/h10H,3-9,12H2,1-2H3,(H,13,14). The molecular weight excluding hydrogens is 204 g/mol. The van der Waals surface area contributed by atoms with Crippen molar-refractivity contribution in [3.8, 4) is 0 Å². The lowest BCUT2D eigenvalue weighted by Gasteiger charge is -2.20. The van der Waals surface area contributed by atoms with E-state index >= 15 is 0 Å². The van der Waals surface area contributed by atoms with E-state index in [2.05, 4.69) is 22.2 Å². The summed E-state index contributed by atoms with van der Waals surface area (Å²) in [6.45, 7) is 5.84. The molecule has 0 aromatic heterocycles. The van der Waals surface area contributed by atoms with Crippen molar-refractivity contribution in [3.63, 3.8) is 0 Å². The van der Waals surface area contributed by atoms with Gasteiger partial charge in [0.1, 0.15) is 0 Å². The molecule has 0 radical (unpaired) electrons. The second-order valence-electron chi connectivity index (χ2n) is 4.26. The minimum atomic E-state index is 0.606. The zero-order valence-electron chi connectivity index (χ0n) is 10.4. The van der Waals surface area contributed by atoms with Gasteiger partial charge in [-0.25, -0.2) is 5.84 Å². The van der Waals surface area contributed by atoms with E-state index in [-0.39, 0.29) is 0 Å². The highest BCUT2D eigenvalue weighted by Crippen LogP contribution is 2.16. The molecular formula is C11H24N4O. The number of hydrogen-bond acceptors (Lipinski definition) is 3. The van der Waals surface area contributed by atoms with Crippen molar-refractivity contribution < 1.29 is 4.74 Å². The smallest absolute Gasteiger partial charge is 0.208 e. The van der Waals surface area contributed by atoms with Gasteiger partial charge in [-0.1, -0.05) is 13.3 Å². The lowest BCUT2D eigenvalue weighted by Crippen LogP contribution is -2.44. The van der Waals surface area contributed by atoms with Crippen molar-refractivity contribution in [2.24, 2.45) is 16.8 Å². The van der Waals surface area contributed by atoms with Crippen LogP contribution in [-0.4, -0.2) is 44.2 Å². The van der Waals surface area contributed by atoms with Gasteiger partial charge in [0, 0.05) is 32.7 Å². The van der Waals surface area contributed by atoms with Gasteiger partial charge in [-0.05, 0) is 12.8 Å². The molecule has 0 amide bonds. The lowest BCUT2D eigenvalue weighted by atomic mass is 10.1. The Morgan fingerprint density at radius 1 is 1.62 bits per heavy atom. The van der Waals surface area contributed by atoms with Gasteiger partial charge in [-0.15, -0.1) is 0 Å². The van der Waals surface area contributed by atoms with E-state index in [1.807, 2.05) is 0 Å². The Bertz CT molecular complexity index is 220. The van der Waals surface area contributed by atoms with Crippen LogP contribution in [-0.2, 0) is 4.74 Å². The Balaban J connectivity index is 2.39. The van der Waals surface area contributed by atoms with E-state index in [1.54, 1.807) is 7.11 Å². The van der Waals surface area contributed by atoms with Gasteiger partial charge >= 0.3 is 0 Å². The molecule has 0 aromatic carbocycles. The fourth-order valence-electron chi connectivity index (χ4n) is 1.98. The van der Waals surface area contributed by atoms with Crippen LogP contribution in [0.15, 0.2) is 4.99 Å². The molecule has 1 rings (SSSR count). The van der Waals surface area contributed by atoms with Gasteiger partial charge in [0.15, 0.2) is 0 Å². The number of aliphatic imine (C=N–C) groups is 1. The molecule has 0 saturated carbocycles. The highest BCUT2D eigenvalue weighted by atomic mass is 16.5. The summed E-state index contributed by atoms with van der Waals surface area (Å²) in [6, 6.07) is 0. The van der Waals surface area contributed by atoms with Gasteiger partial charge in [-0.2, -0.15) is 0 Å². The molecule has 94 valence electrons. The highest BCUT2D eigenvalue weighted by Gasteiger charge is 2.24. The van der Waals surface area contributed by atoms with Crippen LogP contribution in [0.4, 0.5) is 0 Å².